The lowest BCUT2D eigenvalue weighted by Gasteiger charge is -2.10. The van der Waals surface area contributed by atoms with E-state index in [1.165, 1.54) is 5.56 Å². The van der Waals surface area contributed by atoms with Crippen LogP contribution in [0.1, 0.15) is 27.9 Å². The van der Waals surface area contributed by atoms with Gasteiger partial charge in [-0.1, -0.05) is 36.4 Å². The number of carbonyl (C=O) groups is 2. The van der Waals surface area contributed by atoms with Crippen LogP contribution in [0.5, 0.6) is 5.75 Å². The predicted molar refractivity (Wildman–Crippen MR) is 134 cm³/mol. The number of fused-ring (bicyclic) bond motifs is 1. The van der Waals surface area contributed by atoms with Crippen LogP contribution in [0, 0.1) is 0 Å². The molecule has 35 heavy (non-hydrogen) atoms. The Balaban J connectivity index is 1.15. The molecule has 0 saturated heterocycles. The van der Waals surface area contributed by atoms with E-state index in [1.807, 2.05) is 29.0 Å². The summed E-state index contributed by atoms with van der Waals surface area (Å²) in [6.07, 6.45) is 6.44. The molecule has 0 saturated carbocycles. The van der Waals surface area contributed by atoms with Crippen molar-refractivity contribution in [3.05, 3.63) is 102 Å². The predicted octanol–water partition coefficient (Wildman–Crippen LogP) is 4.44. The zero-order valence-electron chi connectivity index (χ0n) is 19.2. The lowest BCUT2D eigenvalue weighted by Crippen LogP contribution is -2.23. The molecule has 176 valence electrons. The molecule has 0 unspecified atom stereocenters. The van der Waals surface area contributed by atoms with Crippen molar-refractivity contribution in [3.8, 4) is 16.9 Å². The lowest BCUT2D eigenvalue weighted by atomic mass is 10.0. The molecule has 7 heteroatoms. The second-order valence-electron chi connectivity index (χ2n) is 8.48. The average Bonchev–Trinajstić information content (AvgIpc) is 3.58. The number of carbonyl (C=O) groups excluding carboxylic acids is 2. The highest BCUT2D eigenvalue weighted by Crippen LogP contribution is 2.30. The molecular formula is C28H26N4O3. The molecule has 4 aromatic rings. The Morgan fingerprint density at radius 3 is 2.69 bits per heavy atom. The molecule has 0 aliphatic carbocycles. The van der Waals surface area contributed by atoms with Crippen molar-refractivity contribution >= 4 is 17.5 Å². The standard InChI is InChI=1S/C28H26N4O3/c33-27(10-13-32-14-12-29-19-32)31-25-3-1-2-24(17-25)28(34)30-18-20-4-6-21(7-5-20)22-8-9-26-23(16-22)11-15-35-26/h1-9,12,14,16-17,19H,10-11,13,15,18H2,(H,30,34)(H,31,33). The van der Waals surface area contributed by atoms with Gasteiger partial charge in [-0.2, -0.15) is 0 Å². The Kier molecular flexibility index (Phi) is 6.57. The van der Waals surface area contributed by atoms with Gasteiger partial charge in [-0.05, 0) is 52.6 Å². The molecule has 0 atom stereocenters. The fourth-order valence-corrected chi connectivity index (χ4v) is 4.08. The van der Waals surface area contributed by atoms with E-state index >= 15 is 0 Å². The highest BCUT2D eigenvalue weighted by atomic mass is 16.5. The molecule has 1 aliphatic heterocycles. The van der Waals surface area contributed by atoms with Gasteiger partial charge in [0.1, 0.15) is 5.75 Å². The van der Waals surface area contributed by atoms with E-state index in [9.17, 15) is 9.59 Å². The first-order valence-electron chi connectivity index (χ1n) is 11.6. The van der Waals surface area contributed by atoms with Gasteiger partial charge in [0.2, 0.25) is 5.91 Å². The quantitative estimate of drug-likeness (QED) is 0.402. The molecule has 5 rings (SSSR count). The minimum absolute atomic E-state index is 0.118. The van der Waals surface area contributed by atoms with Crippen molar-refractivity contribution in [2.24, 2.45) is 0 Å². The minimum Gasteiger partial charge on any atom is -0.493 e. The first kappa shape index (κ1) is 22.4. The number of aromatic nitrogens is 2. The van der Waals surface area contributed by atoms with Crippen LogP contribution in [0.25, 0.3) is 11.1 Å². The summed E-state index contributed by atoms with van der Waals surface area (Å²) in [6, 6.07) is 21.4. The maximum atomic E-state index is 12.7. The van der Waals surface area contributed by atoms with Crippen LogP contribution in [0.3, 0.4) is 0 Å². The monoisotopic (exact) mass is 466 g/mol. The molecule has 2 N–H and O–H groups in total. The van der Waals surface area contributed by atoms with Crippen LogP contribution in [0.4, 0.5) is 5.69 Å². The number of aryl methyl sites for hydroxylation is 1. The number of hydrogen-bond acceptors (Lipinski definition) is 4. The first-order chi connectivity index (χ1) is 17.1. The lowest BCUT2D eigenvalue weighted by molar-refractivity contribution is -0.116. The number of imidazole rings is 1. The van der Waals surface area contributed by atoms with Crippen LogP contribution in [0.2, 0.25) is 0 Å². The molecule has 1 aromatic heterocycles. The molecule has 0 bridgehead atoms. The summed E-state index contributed by atoms with van der Waals surface area (Å²) >= 11 is 0. The van der Waals surface area contributed by atoms with E-state index in [4.69, 9.17) is 4.74 Å². The largest absolute Gasteiger partial charge is 0.493 e. The summed E-state index contributed by atoms with van der Waals surface area (Å²) < 4.78 is 7.43. The van der Waals surface area contributed by atoms with E-state index in [0.717, 1.165) is 35.5 Å². The van der Waals surface area contributed by atoms with Crippen LogP contribution in [0.15, 0.2) is 85.5 Å². The van der Waals surface area contributed by atoms with Crippen molar-refractivity contribution in [2.75, 3.05) is 11.9 Å². The molecule has 3 aromatic carbocycles. The van der Waals surface area contributed by atoms with Gasteiger partial charge < -0.3 is 19.9 Å². The van der Waals surface area contributed by atoms with Crippen LogP contribution in [-0.4, -0.2) is 28.0 Å². The van der Waals surface area contributed by atoms with Crippen molar-refractivity contribution in [3.63, 3.8) is 0 Å². The fourth-order valence-electron chi connectivity index (χ4n) is 4.08. The van der Waals surface area contributed by atoms with Crippen molar-refractivity contribution in [2.45, 2.75) is 25.9 Å². The summed E-state index contributed by atoms with van der Waals surface area (Å²) in [5.74, 6) is 0.667. The van der Waals surface area contributed by atoms with Crippen LogP contribution in [-0.2, 0) is 24.3 Å². The van der Waals surface area contributed by atoms with E-state index in [-0.39, 0.29) is 11.8 Å². The normalized spacial score (nSPS) is 12.0. The minimum atomic E-state index is -0.192. The number of nitrogens with zero attached hydrogens (tertiary/aromatic N) is 2. The molecule has 7 nitrogen and oxygen atoms in total. The van der Waals surface area contributed by atoms with E-state index in [2.05, 4.69) is 39.9 Å². The molecule has 0 spiro atoms. The van der Waals surface area contributed by atoms with E-state index in [1.54, 1.807) is 36.8 Å². The number of anilines is 1. The van der Waals surface area contributed by atoms with Gasteiger partial charge in [-0.25, -0.2) is 4.98 Å². The van der Waals surface area contributed by atoms with Gasteiger partial charge in [0.15, 0.2) is 0 Å². The zero-order valence-corrected chi connectivity index (χ0v) is 19.2. The number of ether oxygens (including phenoxy) is 1. The SMILES string of the molecule is O=C(CCn1ccnc1)Nc1cccc(C(=O)NCc2ccc(-c3ccc4c(c3)CCO4)cc2)c1. The molecule has 2 heterocycles. The topological polar surface area (TPSA) is 85.2 Å². The third-order valence-corrected chi connectivity index (χ3v) is 5.99. The van der Waals surface area contributed by atoms with Crippen molar-refractivity contribution in [1.82, 2.24) is 14.9 Å². The molecule has 2 amide bonds. The summed E-state index contributed by atoms with van der Waals surface area (Å²) in [5.41, 5.74) is 5.64. The smallest absolute Gasteiger partial charge is 0.251 e. The van der Waals surface area contributed by atoms with Gasteiger partial charge in [0, 0.05) is 49.6 Å². The van der Waals surface area contributed by atoms with Gasteiger partial charge >= 0.3 is 0 Å². The van der Waals surface area contributed by atoms with Crippen molar-refractivity contribution in [1.29, 1.82) is 0 Å². The summed E-state index contributed by atoms with van der Waals surface area (Å²) in [7, 11) is 0. The summed E-state index contributed by atoms with van der Waals surface area (Å²) in [5, 5.41) is 5.80. The Morgan fingerprint density at radius 1 is 1.00 bits per heavy atom. The molecular weight excluding hydrogens is 440 g/mol. The third-order valence-electron chi connectivity index (χ3n) is 5.99. The van der Waals surface area contributed by atoms with Crippen LogP contribution < -0.4 is 15.4 Å². The number of benzene rings is 3. The highest BCUT2D eigenvalue weighted by Gasteiger charge is 2.13. The average molecular weight is 467 g/mol. The zero-order chi connectivity index (χ0) is 24.0. The fraction of sp³-hybridized carbons (Fsp3) is 0.179. The Morgan fingerprint density at radius 2 is 1.86 bits per heavy atom. The van der Waals surface area contributed by atoms with E-state index < -0.39 is 0 Å². The third kappa shape index (κ3) is 5.58. The Labute approximate surface area is 203 Å². The van der Waals surface area contributed by atoms with Gasteiger partial charge in [-0.3, -0.25) is 9.59 Å². The first-order valence-corrected chi connectivity index (χ1v) is 11.6. The maximum Gasteiger partial charge on any atom is 0.251 e. The highest BCUT2D eigenvalue weighted by molar-refractivity contribution is 5.97. The molecule has 1 aliphatic rings. The second-order valence-corrected chi connectivity index (χ2v) is 8.48. The maximum absolute atomic E-state index is 12.7. The number of rotatable bonds is 8. The van der Waals surface area contributed by atoms with Gasteiger partial charge in [0.25, 0.3) is 5.91 Å². The summed E-state index contributed by atoms with van der Waals surface area (Å²) in [6.45, 7) is 1.71. The Bertz CT molecular complexity index is 1330. The Hall–Kier alpha value is -4.39. The molecule has 0 fully saturated rings. The van der Waals surface area contributed by atoms with Crippen LogP contribution >= 0.6 is 0 Å². The molecule has 0 radical (unpaired) electrons. The van der Waals surface area contributed by atoms with Gasteiger partial charge in [-0.15, -0.1) is 0 Å². The van der Waals surface area contributed by atoms with Gasteiger partial charge in [0.05, 0.1) is 12.9 Å². The summed E-state index contributed by atoms with van der Waals surface area (Å²) in [4.78, 5) is 28.9. The number of hydrogen-bond donors (Lipinski definition) is 2. The number of nitrogens with one attached hydrogen (secondary N) is 2. The van der Waals surface area contributed by atoms with Crippen molar-refractivity contribution < 1.29 is 14.3 Å². The van der Waals surface area contributed by atoms with E-state index in [0.29, 0.717) is 30.8 Å². The second kappa shape index (κ2) is 10.3. The number of amides is 2.